The molecule has 24 heavy (non-hydrogen) atoms. The van der Waals surface area contributed by atoms with Crippen LogP contribution in [0.3, 0.4) is 0 Å². The van der Waals surface area contributed by atoms with Crippen molar-refractivity contribution >= 4 is 5.91 Å². The summed E-state index contributed by atoms with van der Waals surface area (Å²) in [5.74, 6) is 0.332. The molecule has 0 spiro atoms. The zero-order valence-corrected chi connectivity index (χ0v) is 14.7. The van der Waals surface area contributed by atoms with Crippen molar-refractivity contribution in [1.82, 2.24) is 20.3 Å². The number of nitrogens with one attached hydrogen (secondary N) is 1. The highest BCUT2D eigenvalue weighted by Crippen LogP contribution is 2.37. The Morgan fingerprint density at radius 2 is 2.29 bits per heavy atom. The Hall–Kier alpha value is -1.50. The molecule has 2 aliphatic rings. The van der Waals surface area contributed by atoms with Crippen molar-refractivity contribution < 1.29 is 10.0 Å². The van der Waals surface area contributed by atoms with E-state index in [-0.39, 0.29) is 0 Å². The first-order valence-electron chi connectivity index (χ1n) is 8.89. The van der Waals surface area contributed by atoms with Crippen LogP contribution >= 0.6 is 0 Å². The van der Waals surface area contributed by atoms with E-state index in [1.165, 1.54) is 32.2 Å². The first-order valence-corrected chi connectivity index (χ1v) is 8.89. The topological polar surface area (TPSA) is 68.7 Å². The molecule has 6 heteroatoms. The molecule has 1 aromatic rings. The molecule has 0 aromatic carbocycles. The van der Waals surface area contributed by atoms with Gasteiger partial charge in [-0.3, -0.25) is 19.9 Å². The number of amides is 1. The zero-order valence-electron chi connectivity index (χ0n) is 14.7. The molecule has 0 bridgehead atoms. The minimum atomic E-state index is -0.493. The van der Waals surface area contributed by atoms with Crippen molar-refractivity contribution in [2.45, 2.75) is 44.7 Å². The lowest BCUT2D eigenvalue weighted by atomic mass is 9.75. The normalized spacial score (nSPS) is 23.7. The molecule has 1 saturated carbocycles. The molecule has 1 fully saturated rings. The lowest BCUT2D eigenvalue weighted by Crippen LogP contribution is -2.49. The minimum Gasteiger partial charge on any atom is -0.309 e. The Morgan fingerprint density at radius 3 is 2.96 bits per heavy atom. The second-order valence-electron chi connectivity index (χ2n) is 7.34. The van der Waals surface area contributed by atoms with E-state index in [0.29, 0.717) is 11.6 Å². The molecule has 1 aromatic heterocycles. The highest BCUT2D eigenvalue weighted by molar-refractivity contribution is 5.93. The summed E-state index contributed by atoms with van der Waals surface area (Å²) in [4.78, 5) is 20.8. The van der Waals surface area contributed by atoms with Gasteiger partial charge in [0.25, 0.3) is 5.91 Å². The number of hydroxylamine groups is 1. The van der Waals surface area contributed by atoms with Gasteiger partial charge in [-0.05, 0) is 70.3 Å². The second-order valence-corrected chi connectivity index (χ2v) is 7.34. The van der Waals surface area contributed by atoms with Crippen molar-refractivity contribution in [2.75, 3.05) is 27.2 Å². The van der Waals surface area contributed by atoms with Crippen molar-refractivity contribution in [3.8, 4) is 0 Å². The molecule has 2 unspecified atom stereocenters. The molecular weight excluding hydrogens is 304 g/mol. The van der Waals surface area contributed by atoms with Gasteiger partial charge in [-0.1, -0.05) is 0 Å². The molecule has 2 N–H and O–H groups in total. The average molecular weight is 332 g/mol. The molecule has 6 nitrogen and oxygen atoms in total. The number of pyridine rings is 1. The van der Waals surface area contributed by atoms with Crippen LogP contribution in [0, 0.1) is 5.92 Å². The molecular formula is C18H28N4O2. The molecule has 1 amide bonds. The van der Waals surface area contributed by atoms with Crippen LogP contribution < -0.4 is 5.48 Å². The van der Waals surface area contributed by atoms with E-state index in [4.69, 9.17) is 5.21 Å². The van der Waals surface area contributed by atoms with Gasteiger partial charge >= 0.3 is 0 Å². The number of fused-ring (bicyclic) bond motifs is 1. The van der Waals surface area contributed by atoms with E-state index in [2.05, 4.69) is 28.9 Å². The van der Waals surface area contributed by atoms with Crippen molar-refractivity contribution in [2.24, 2.45) is 5.92 Å². The van der Waals surface area contributed by atoms with E-state index >= 15 is 0 Å². The van der Waals surface area contributed by atoms with Crippen LogP contribution in [0.2, 0.25) is 0 Å². The average Bonchev–Trinajstić information content (AvgIpc) is 2.56. The number of carbonyl (C=O) groups excluding carboxylic acids is 1. The van der Waals surface area contributed by atoms with E-state index in [0.717, 1.165) is 36.7 Å². The van der Waals surface area contributed by atoms with Crippen LogP contribution in [0.15, 0.2) is 12.3 Å². The van der Waals surface area contributed by atoms with Crippen LogP contribution in [0.1, 0.15) is 47.3 Å². The molecule has 3 rings (SSSR count). The maximum absolute atomic E-state index is 11.5. The molecule has 1 aliphatic heterocycles. The van der Waals surface area contributed by atoms with Gasteiger partial charge in [0.1, 0.15) is 0 Å². The van der Waals surface area contributed by atoms with Gasteiger partial charge in [0.05, 0.1) is 11.3 Å². The van der Waals surface area contributed by atoms with Gasteiger partial charge in [0.15, 0.2) is 0 Å². The highest BCUT2D eigenvalue weighted by Gasteiger charge is 2.36. The number of aromatic nitrogens is 1. The molecule has 1 aliphatic carbocycles. The summed E-state index contributed by atoms with van der Waals surface area (Å²) in [6, 6.07) is 2.56. The third kappa shape index (κ3) is 3.77. The van der Waals surface area contributed by atoms with Gasteiger partial charge in [-0.25, -0.2) is 5.48 Å². The van der Waals surface area contributed by atoms with Gasteiger partial charge in [0, 0.05) is 25.3 Å². The zero-order chi connectivity index (χ0) is 17.1. The summed E-state index contributed by atoms with van der Waals surface area (Å²) >= 11 is 0. The smallest absolute Gasteiger partial charge is 0.276 e. The molecule has 132 valence electrons. The molecule has 2 heterocycles. The van der Waals surface area contributed by atoms with Crippen LogP contribution in [0.4, 0.5) is 0 Å². The summed E-state index contributed by atoms with van der Waals surface area (Å²) in [6.07, 6.45) is 7.72. The van der Waals surface area contributed by atoms with Crippen LogP contribution in [0.5, 0.6) is 0 Å². The van der Waals surface area contributed by atoms with Gasteiger partial charge in [-0.2, -0.15) is 0 Å². The summed E-state index contributed by atoms with van der Waals surface area (Å²) in [5, 5.41) is 8.74. The first-order chi connectivity index (χ1) is 11.6. The molecule has 2 atom stereocenters. The third-order valence-electron chi connectivity index (χ3n) is 5.47. The summed E-state index contributed by atoms with van der Waals surface area (Å²) in [7, 11) is 4.27. The number of hydrogen-bond acceptors (Lipinski definition) is 5. The second kappa shape index (κ2) is 7.59. The Bertz CT molecular complexity index is 590. The number of nitrogens with zero attached hydrogens (tertiary/aromatic N) is 3. The van der Waals surface area contributed by atoms with Crippen LogP contribution in [0.25, 0.3) is 0 Å². The van der Waals surface area contributed by atoms with Gasteiger partial charge in [-0.15, -0.1) is 0 Å². The van der Waals surface area contributed by atoms with E-state index < -0.39 is 5.91 Å². The molecule has 0 radical (unpaired) electrons. The SMILES string of the molecule is CN(C)CCCC1CCC1N1CCc2cc(C(=O)NO)cnc2C1. The fourth-order valence-electron chi connectivity index (χ4n) is 3.94. The van der Waals surface area contributed by atoms with E-state index in [9.17, 15) is 4.79 Å². The van der Waals surface area contributed by atoms with Crippen molar-refractivity contribution in [3.05, 3.63) is 29.1 Å². The van der Waals surface area contributed by atoms with Crippen molar-refractivity contribution in [3.63, 3.8) is 0 Å². The Labute approximate surface area is 143 Å². The third-order valence-corrected chi connectivity index (χ3v) is 5.47. The predicted octanol–water partition coefficient (Wildman–Crippen LogP) is 1.68. The van der Waals surface area contributed by atoms with Crippen LogP contribution in [-0.4, -0.2) is 59.1 Å². The first kappa shape index (κ1) is 17.3. The number of rotatable bonds is 6. The fraction of sp³-hybridized carbons (Fsp3) is 0.667. The quantitative estimate of drug-likeness (QED) is 0.613. The van der Waals surface area contributed by atoms with Gasteiger partial charge < -0.3 is 4.90 Å². The lowest BCUT2D eigenvalue weighted by molar-refractivity contribution is 0.0433. The number of hydrogen-bond donors (Lipinski definition) is 2. The summed E-state index contributed by atoms with van der Waals surface area (Å²) in [5.41, 5.74) is 4.31. The molecule has 0 saturated heterocycles. The largest absolute Gasteiger partial charge is 0.309 e. The minimum absolute atomic E-state index is 0.426. The number of carbonyl (C=O) groups is 1. The predicted molar refractivity (Wildman–Crippen MR) is 91.9 cm³/mol. The standard InChI is InChI=1S/C18H28N4O2/c1-21(2)8-3-4-13-5-6-17(13)22-9-7-14-10-15(18(23)20-24)11-19-16(14)12-22/h10-11,13,17,24H,3-9,12H2,1-2H3,(H,20,23). The van der Waals surface area contributed by atoms with E-state index in [1.54, 1.807) is 11.7 Å². The Morgan fingerprint density at radius 1 is 1.46 bits per heavy atom. The Balaban J connectivity index is 1.58. The maximum Gasteiger partial charge on any atom is 0.276 e. The van der Waals surface area contributed by atoms with Gasteiger partial charge in [0.2, 0.25) is 0 Å². The monoisotopic (exact) mass is 332 g/mol. The van der Waals surface area contributed by atoms with Crippen LogP contribution in [-0.2, 0) is 13.0 Å². The Kier molecular flexibility index (Phi) is 5.48. The summed E-state index contributed by atoms with van der Waals surface area (Å²) in [6.45, 7) is 3.09. The van der Waals surface area contributed by atoms with Crippen molar-refractivity contribution in [1.29, 1.82) is 0 Å². The summed E-state index contributed by atoms with van der Waals surface area (Å²) < 4.78 is 0. The fourth-order valence-corrected chi connectivity index (χ4v) is 3.94. The lowest BCUT2D eigenvalue weighted by Gasteiger charge is -2.46. The maximum atomic E-state index is 11.5. The van der Waals surface area contributed by atoms with E-state index in [1.807, 2.05) is 6.07 Å². The highest BCUT2D eigenvalue weighted by atomic mass is 16.5.